The predicted molar refractivity (Wildman–Crippen MR) is 72.4 cm³/mol. The number of hydrogen-bond donors (Lipinski definition) is 1. The van der Waals surface area contributed by atoms with E-state index in [0.29, 0.717) is 5.69 Å². The maximum Gasteiger partial charge on any atom is 0.270 e. The molecule has 6 nitrogen and oxygen atoms in total. The van der Waals surface area contributed by atoms with Crippen molar-refractivity contribution in [2.45, 2.75) is 0 Å². The number of benzene rings is 1. The van der Waals surface area contributed by atoms with Gasteiger partial charge in [0, 0.05) is 18.3 Å². The highest BCUT2D eigenvalue weighted by atomic mass is 16.6. The number of nitro benzene ring substituents is 1. The first-order valence-electron chi connectivity index (χ1n) is 5.69. The number of rotatable bonds is 4. The van der Waals surface area contributed by atoms with Gasteiger partial charge in [0.15, 0.2) is 5.78 Å². The quantitative estimate of drug-likeness (QED) is 0.399. The van der Waals surface area contributed by atoms with Gasteiger partial charge in [0.05, 0.1) is 16.2 Å². The van der Waals surface area contributed by atoms with Crippen molar-refractivity contribution in [2.24, 2.45) is 0 Å². The van der Waals surface area contributed by atoms with Crippen LogP contribution < -0.4 is 0 Å². The van der Waals surface area contributed by atoms with Gasteiger partial charge >= 0.3 is 0 Å². The minimum atomic E-state index is -0.626. The van der Waals surface area contributed by atoms with Crippen molar-refractivity contribution in [2.75, 3.05) is 0 Å². The Balaban J connectivity index is 2.27. The fourth-order valence-corrected chi connectivity index (χ4v) is 1.56. The molecule has 0 amide bonds. The standard InChI is InChI=1S/C14H10N2O4/c17-13(6-4-10-3-1-2-8-15-10)12-9-11(16(19)20)5-7-14(12)18/h1-9,18H. The molecular formula is C14H10N2O4. The van der Waals surface area contributed by atoms with Crippen LogP contribution in [-0.4, -0.2) is 20.8 Å². The summed E-state index contributed by atoms with van der Waals surface area (Å²) >= 11 is 0. The van der Waals surface area contributed by atoms with E-state index in [1.807, 2.05) is 0 Å². The summed E-state index contributed by atoms with van der Waals surface area (Å²) in [5.41, 5.74) is 0.203. The molecule has 6 heteroatoms. The average molecular weight is 270 g/mol. The SMILES string of the molecule is O=C(C=Cc1ccccn1)c1cc([N+](=O)[O-])ccc1O. The highest BCUT2D eigenvalue weighted by molar-refractivity contribution is 6.08. The molecule has 0 unspecified atom stereocenters. The Hall–Kier alpha value is -3.02. The number of phenols is 1. The third kappa shape index (κ3) is 3.05. The van der Waals surface area contributed by atoms with Crippen molar-refractivity contribution >= 4 is 17.5 Å². The molecule has 0 saturated carbocycles. The maximum absolute atomic E-state index is 11.9. The fraction of sp³-hybridized carbons (Fsp3) is 0. The monoisotopic (exact) mass is 270 g/mol. The number of ketones is 1. The Kier molecular flexibility index (Phi) is 3.85. The number of aromatic hydroxyl groups is 1. The molecular weight excluding hydrogens is 260 g/mol. The van der Waals surface area contributed by atoms with Crippen LogP contribution in [0.15, 0.2) is 48.7 Å². The van der Waals surface area contributed by atoms with Gasteiger partial charge in [0.25, 0.3) is 5.69 Å². The van der Waals surface area contributed by atoms with Crippen LogP contribution >= 0.6 is 0 Å². The van der Waals surface area contributed by atoms with Gasteiger partial charge in [-0.3, -0.25) is 19.9 Å². The van der Waals surface area contributed by atoms with E-state index in [2.05, 4.69) is 4.98 Å². The van der Waals surface area contributed by atoms with Crippen molar-refractivity contribution < 1.29 is 14.8 Å². The van der Waals surface area contributed by atoms with Crippen molar-refractivity contribution in [3.63, 3.8) is 0 Å². The van der Waals surface area contributed by atoms with Gasteiger partial charge in [-0.15, -0.1) is 0 Å². The van der Waals surface area contributed by atoms with E-state index in [9.17, 15) is 20.0 Å². The summed E-state index contributed by atoms with van der Waals surface area (Å²) in [6.45, 7) is 0. The highest BCUT2D eigenvalue weighted by Gasteiger charge is 2.14. The number of hydrogen-bond acceptors (Lipinski definition) is 5. The lowest BCUT2D eigenvalue weighted by Crippen LogP contribution is -1.97. The normalized spacial score (nSPS) is 10.6. The molecule has 0 atom stereocenters. The van der Waals surface area contributed by atoms with Crippen molar-refractivity contribution in [3.05, 3.63) is 70.0 Å². The van der Waals surface area contributed by atoms with Gasteiger partial charge in [-0.05, 0) is 30.4 Å². The van der Waals surface area contributed by atoms with E-state index in [-0.39, 0.29) is 17.0 Å². The van der Waals surface area contributed by atoms with Crippen LogP contribution in [0, 0.1) is 10.1 Å². The molecule has 0 saturated heterocycles. The zero-order chi connectivity index (χ0) is 14.5. The van der Waals surface area contributed by atoms with Gasteiger partial charge in [0.2, 0.25) is 0 Å². The van der Waals surface area contributed by atoms with Crippen molar-refractivity contribution in [1.82, 2.24) is 4.98 Å². The van der Waals surface area contributed by atoms with Gasteiger partial charge < -0.3 is 5.11 Å². The summed E-state index contributed by atoms with van der Waals surface area (Å²) in [5.74, 6) is -0.830. The van der Waals surface area contributed by atoms with Gasteiger partial charge in [0.1, 0.15) is 5.75 Å². The number of nitrogens with zero attached hydrogens (tertiary/aromatic N) is 2. The van der Waals surface area contributed by atoms with E-state index in [4.69, 9.17) is 0 Å². The van der Waals surface area contributed by atoms with Crippen molar-refractivity contribution in [1.29, 1.82) is 0 Å². The first-order valence-corrected chi connectivity index (χ1v) is 5.69. The molecule has 0 fully saturated rings. The summed E-state index contributed by atoms with van der Waals surface area (Å²) in [5, 5.41) is 20.2. The molecule has 1 aromatic carbocycles. The Morgan fingerprint density at radius 2 is 2.10 bits per heavy atom. The third-order valence-corrected chi connectivity index (χ3v) is 2.55. The Morgan fingerprint density at radius 1 is 1.30 bits per heavy atom. The molecule has 100 valence electrons. The van der Waals surface area contributed by atoms with Crippen LogP contribution in [0.5, 0.6) is 5.75 Å². The summed E-state index contributed by atoms with van der Waals surface area (Å²) in [6.07, 6.45) is 4.26. The van der Waals surface area contributed by atoms with Crippen LogP contribution in [0.4, 0.5) is 5.69 Å². The molecule has 0 bridgehead atoms. The first-order chi connectivity index (χ1) is 9.58. The van der Waals surface area contributed by atoms with E-state index in [0.717, 1.165) is 18.2 Å². The Labute approximate surface area is 114 Å². The summed E-state index contributed by atoms with van der Waals surface area (Å²) in [4.78, 5) is 25.9. The molecule has 0 aliphatic carbocycles. The number of aromatic nitrogens is 1. The maximum atomic E-state index is 11.9. The minimum absolute atomic E-state index is 0.119. The van der Waals surface area contributed by atoms with E-state index >= 15 is 0 Å². The molecule has 20 heavy (non-hydrogen) atoms. The number of allylic oxidation sites excluding steroid dienone is 1. The van der Waals surface area contributed by atoms with Crippen LogP contribution in [0.2, 0.25) is 0 Å². The molecule has 0 aliphatic heterocycles. The lowest BCUT2D eigenvalue weighted by atomic mass is 10.1. The smallest absolute Gasteiger partial charge is 0.270 e. The number of carbonyl (C=O) groups is 1. The number of nitro groups is 1. The number of phenolic OH excluding ortho intramolecular Hbond substituents is 1. The van der Waals surface area contributed by atoms with E-state index < -0.39 is 10.7 Å². The minimum Gasteiger partial charge on any atom is -0.507 e. The topological polar surface area (TPSA) is 93.3 Å². The highest BCUT2D eigenvalue weighted by Crippen LogP contribution is 2.23. The lowest BCUT2D eigenvalue weighted by Gasteiger charge is -2.00. The van der Waals surface area contributed by atoms with Crippen LogP contribution in [0.25, 0.3) is 6.08 Å². The first kappa shape index (κ1) is 13.4. The molecule has 1 aromatic heterocycles. The van der Waals surface area contributed by atoms with Gasteiger partial charge in [-0.1, -0.05) is 6.07 Å². The lowest BCUT2D eigenvalue weighted by molar-refractivity contribution is -0.384. The Morgan fingerprint density at radius 3 is 2.75 bits per heavy atom. The van der Waals surface area contributed by atoms with Crippen LogP contribution in [-0.2, 0) is 0 Å². The third-order valence-electron chi connectivity index (χ3n) is 2.55. The second kappa shape index (κ2) is 5.75. The molecule has 1 heterocycles. The number of pyridine rings is 1. The Bertz CT molecular complexity index is 681. The largest absolute Gasteiger partial charge is 0.507 e. The predicted octanol–water partition coefficient (Wildman–Crippen LogP) is 2.59. The van der Waals surface area contributed by atoms with Gasteiger partial charge in [-0.25, -0.2) is 0 Å². The average Bonchev–Trinajstić information content (AvgIpc) is 2.46. The van der Waals surface area contributed by atoms with Crippen LogP contribution in [0.1, 0.15) is 16.1 Å². The number of carbonyl (C=O) groups excluding carboxylic acids is 1. The fourth-order valence-electron chi connectivity index (χ4n) is 1.56. The van der Waals surface area contributed by atoms with E-state index in [1.54, 1.807) is 24.4 Å². The van der Waals surface area contributed by atoms with Gasteiger partial charge in [-0.2, -0.15) is 0 Å². The molecule has 0 spiro atoms. The zero-order valence-electron chi connectivity index (χ0n) is 10.3. The molecule has 0 radical (unpaired) electrons. The molecule has 2 aromatic rings. The summed E-state index contributed by atoms with van der Waals surface area (Å²) in [7, 11) is 0. The molecule has 2 rings (SSSR count). The molecule has 1 N–H and O–H groups in total. The number of non-ortho nitro benzene ring substituents is 1. The summed E-state index contributed by atoms with van der Waals surface area (Å²) < 4.78 is 0. The summed E-state index contributed by atoms with van der Waals surface area (Å²) in [6, 6.07) is 8.51. The molecule has 0 aliphatic rings. The van der Waals surface area contributed by atoms with E-state index in [1.165, 1.54) is 12.2 Å². The second-order valence-electron chi connectivity index (χ2n) is 3.91. The van der Waals surface area contributed by atoms with Crippen LogP contribution in [0.3, 0.4) is 0 Å². The van der Waals surface area contributed by atoms with Crippen molar-refractivity contribution in [3.8, 4) is 5.75 Å². The zero-order valence-corrected chi connectivity index (χ0v) is 10.3. The second-order valence-corrected chi connectivity index (χ2v) is 3.91.